The van der Waals surface area contributed by atoms with Gasteiger partial charge in [0.05, 0.1) is 0 Å². The number of hydrogen-bond acceptors (Lipinski definition) is 2. The minimum absolute atomic E-state index is 0.117. The fourth-order valence-corrected chi connectivity index (χ4v) is 3.31. The second-order valence-electron chi connectivity index (χ2n) is 8.07. The Labute approximate surface area is 140 Å². The monoisotopic (exact) mass is 312 g/mol. The van der Waals surface area contributed by atoms with Gasteiger partial charge >= 0.3 is 0 Å². The highest BCUT2D eigenvalue weighted by atomic mass is 16.5. The van der Waals surface area contributed by atoms with E-state index < -0.39 is 0 Å². The molecule has 0 fully saturated rings. The molecular weight excluding hydrogens is 284 g/mol. The quantitative estimate of drug-likeness (QED) is 0.769. The van der Waals surface area contributed by atoms with Crippen LogP contribution in [-0.2, 0) is 12.0 Å². The lowest BCUT2D eigenvalue weighted by Gasteiger charge is -2.33. The highest BCUT2D eigenvalue weighted by Gasteiger charge is 2.29. The Balaban J connectivity index is 2.18. The SMILES string of the molecule is CC(C)(C)CC(C)(C)c1cc(OCc2ccccc2)ccc1O. The number of aromatic hydroxyl groups is 1. The van der Waals surface area contributed by atoms with E-state index in [1.807, 2.05) is 42.5 Å². The van der Waals surface area contributed by atoms with Gasteiger partial charge in [-0.3, -0.25) is 0 Å². The molecule has 2 aromatic rings. The van der Waals surface area contributed by atoms with Gasteiger partial charge in [0.2, 0.25) is 0 Å². The number of phenolic OH excluding ortho intramolecular Hbond substituents is 1. The van der Waals surface area contributed by atoms with Crippen molar-refractivity contribution in [2.75, 3.05) is 0 Å². The molecule has 2 aromatic carbocycles. The zero-order valence-corrected chi connectivity index (χ0v) is 14.9. The van der Waals surface area contributed by atoms with Gasteiger partial charge in [0, 0.05) is 5.56 Å². The van der Waals surface area contributed by atoms with Crippen molar-refractivity contribution >= 4 is 0 Å². The zero-order valence-electron chi connectivity index (χ0n) is 14.9. The van der Waals surface area contributed by atoms with Gasteiger partial charge in [-0.1, -0.05) is 65.0 Å². The molecule has 0 bridgehead atoms. The maximum absolute atomic E-state index is 10.3. The summed E-state index contributed by atoms with van der Waals surface area (Å²) in [6.07, 6.45) is 0.982. The normalized spacial score (nSPS) is 12.2. The Morgan fingerprint density at radius 3 is 2.17 bits per heavy atom. The summed E-state index contributed by atoms with van der Waals surface area (Å²) in [4.78, 5) is 0. The fraction of sp³-hybridized carbons (Fsp3) is 0.429. The third-order valence-electron chi connectivity index (χ3n) is 3.92. The average molecular weight is 312 g/mol. The van der Waals surface area contributed by atoms with Crippen LogP contribution in [0.25, 0.3) is 0 Å². The molecule has 2 nitrogen and oxygen atoms in total. The summed E-state index contributed by atoms with van der Waals surface area (Å²) >= 11 is 0. The Bertz CT molecular complexity index is 637. The van der Waals surface area contributed by atoms with Crippen LogP contribution in [0.4, 0.5) is 0 Å². The highest BCUT2D eigenvalue weighted by molar-refractivity contribution is 5.43. The average Bonchev–Trinajstić information content (AvgIpc) is 2.45. The molecule has 0 heterocycles. The summed E-state index contributed by atoms with van der Waals surface area (Å²) < 4.78 is 5.90. The summed E-state index contributed by atoms with van der Waals surface area (Å²) in [6, 6.07) is 15.6. The molecular formula is C21H28O2. The van der Waals surface area contributed by atoms with Crippen LogP contribution in [0.5, 0.6) is 11.5 Å². The van der Waals surface area contributed by atoms with Crippen molar-refractivity contribution in [3.05, 3.63) is 59.7 Å². The van der Waals surface area contributed by atoms with Gasteiger partial charge in [0.25, 0.3) is 0 Å². The standard InChI is InChI=1S/C21H28O2/c1-20(2,3)15-21(4,5)18-13-17(11-12-19(18)22)23-14-16-9-7-6-8-10-16/h6-13,22H,14-15H2,1-5H3. The van der Waals surface area contributed by atoms with Crippen LogP contribution in [0.1, 0.15) is 52.2 Å². The van der Waals surface area contributed by atoms with Crippen molar-refractivity contribution in [3.8, 4) is 11.5 Å². The molecule has 2 rings (SSSR count). The first-order chi connectivity index (χ1) is 10.7. The second kappa shape index (κ2) is 6.66. The first kappa shape index (κ1) is 17.4. The van der Waals surface area contributed by atoms with E-state index in [4.69, 9.17) is 4.74 Å². The van der Waals surface area contributed by atoms with Gasteiger partial charge in [0.1, 0.15) is 18.1 Å². The first-order valence-electron chi connectivity index (χ1n) is 8.18. The van der Waals surface area contributed by atoms with Gasteiger partial charge in [0.15, 0.2) is 0 Å². The van der Waals surface area contributed by atoms with Crippen molar-refractivity contribution < 1.29 is 9.84 Å². The molecule has 1 N–H and O–H groups in total. The maximum Gasteiger partial charge on any atom is 0.120 e. The van der Waals surface area contributed by atoms with Crippen molar-refractivity contribution in [2.45, 2.75) is 53.1 Å². The van der Waals surface area contributed by atoms with Gasteiger partial charge in [-0.25, -0.2) is 0 Å². The summed E-state index contributed by atoms with van der Waals surface area (Å²) in [6.45, 7) is 11.6. The summed E-state index contributed by atoms with van der Waals surface area (Å²) in [5.74, 6) is 1.13. The Morgan fingerprint density at radius 2 is 1.57 bits per heavy atom. The van der Waals surface area contributed by atoms with Gasteiger partial charge < -0.3 is 9.84 Å². The smallest absolute Gasteiger partial charge is 0.120 e. The molecule has 0 radical (unpaired) electrons. The first-order valence-corrected chi connectivity index (χ1v) is 8.18. The predicted octanol–water partition coefficient (Wildman–Crippen LogP) is 5.69. The molecule has 0 unspecified atom stereocenters. The van der Waals surface area contributed by atoms with E-state index in [0.29, 0.717) is 12.4 Å². The van der Waals surface area contributed by atoms with E-state index >= 15 is 0 Å². The molecule has 0 spiro atoms. The molecule has 2 heteroatoms. The third-order valence-corrected chi connectivity index (χ3v) is 3.92. The number of benzene rings is 2. The van der Waals surface area contributed by atoms with Crippen LogP contribution < -0.4 is 4.74 Å². The molecule has 0 aliphatic rings. The van der Waals surface area contributed by atoms with E-state index in [-0.39, 0.29) is 10.8 Å². The highest BCUT2D eigenvalue weighted by Crippen LogP contribution is 2.41. The number of phenols is 1. The molecule has 0 saturated heterocycles. The molecule has 0 amide bonds. The van der Waals surface area contributed by atoms with Gasteiger partial charge in [-0.05, 0) is 41.0 Å². The van der Waals surface area contributed by atoms with Gasteiger partial charge in [-0.2, -0.15) is 0 Å². The van der Waals surface area contributed by atoms with Crippen LogP contribution in [0.3, 0.4) is 0 Å². The zero-order chi connectivity index (χ0) is 17.1. The van der Waals surface area contributed by atoms with Crippen LogP contribution in [0.15, 0.2) is 48.5 Å². The number of ether oxygens (including phenoxy) is 1. The fourth-order valence-electron chi connectivity index (χ4n) is 3.31. The van der Waals surface area contributed by atoms with Crippen molar-refractivity contribution in [1.29, 1.82) is 0 Å². The van der Waals surface area contributed by atoms with Crippen molar-refractivity contribution in [1.82, 2.24) is 0 Å². The molecule has 0 saturated carbocycles. The minimum Gasteiger partial charge on any atom is -0.508 e. The Hall–Kier alpha value is -1.96. The summed E-state index contributed by atoms with van der Waals surface area (Å²) in [5, 5.41) is 10.3. The maximum atomic E-state index is 10.3. The van der Waals surface area contributed by atoms with E-state index in [1.54, 1.807) is 6.07 Å². The topological polar surface area (TPSA) is 29.5 Å². The second-order valence-corrected chi connectivity index (χ2v) is 8.07. The predicted molar refractivity (Wildman–Crippen MR) is 96.0 cm³/mol. The molecule has 0 aliphatic carbocycles. The summed E-state index contributed by atoms with van der Waals surface area (Å²) in [5.41, 5.74) is 2.15. The third kappa shape index (κ3) is 5.02. The van der Waals surface area contributed by atoms with E-state index in [2.05, 4.69) is 34.6 Å². The lowest BCUT2D eigenvalue weighted by Crippen LogP contribution is -2.25. The molecule has 23 heavy (non-hydrogen) atoms. The van der Waals surface area contributed by atoms with Crippen LogP contribution in [0, 0.1) is 5.41 Å². The Kier molecular flexibility index (Phi) is 5.03. The summed E-state index contributed by atoms with van der Waals surface area (Å²) in [7, 11) is 0. The van der Waals surface area contributed by atoms with E-state index in [1.165, 1.54) is 0 Å². The van der Waals surface area contributed by atoms with Crippen LogP contribution in [-0.4, -0.2) is 5.11 Å². The van der Waals surface area contributed by atoms with Crippen LogP contribution >= 0.6 is 0 Å². The largest absolute Gasteiger partial charge is 0.508 e. The lowest BCUT2D eigenvalue weighted by molar-refractivity contribution is 0.274. The molecule has 0 aromatic heterocycles. The van der Waals surface area contributed by atoms with Crippen molar-refractivity contribution in [3.63, 3.8) is 0 Å². The van der Waals surface area contributed by atoms with E-state index in [9.17, 15) is 5.11 Å². The van der Waals surface area contributed by atoms with Gasteiger partial charge in [-0.15, -0.1) is 0 Å². The van der Waals surface area contributed by atoms with E-state index in [0.717, 1.165) is 23.3 Å². The molecule has 124 valence electrons. The molecule has 0 aliphatic heterocycles. The number of rotatable bonds is 5. The lowest BCUT2D eigenvalue weighted by atomic mass is 9.72. The minimum atomic E-state index is -0.117. The van der Waals surface area contributed by atoms with Crippen molar-refractivity contribution in [2.24, 2.45) is 5.41 Å². The molecule has 0 atom stereocenters. The Morgan fingerprint density at radius 1 is 0.913 bits per heavy atom. The number of hydrogen-bond donors (Lipinski definition) is 1. The van der Waals surface area contributed by atoms with Crippen LogP contribution in [0.2, 0.25) is 0 Å².